The highest BCUT2D eigenvalue weighted by Crippen LogP contribution is 2.05. The first-order valence-electron chi connectivity index (χ1n) is 10.1. The molecule has 0 bridgehead atoms. The average molecular weight is 476 g/mol. The van der Waals surface area contributed by atoms with Gasteiger partial charge in [0.1, 0.15) is 24.2 Å². The fraction of sp³-hybridized carbons (Fsp3) is 0.667. The Balaban J connectivity index is 5.50. The molecule has 4 unspecified atom stereocenters. The molecule has 0 aromatic carbocycles. The van der Waals surface area contributed by atoms with Gasteiger partial charge in [0.25, 0.3) is 0 Å². The van der Waals surface area contributed by atoms with E-state index in [0.29, 0.717) is 19.4 Å². The Morgan fingerprint density at radius 2 is 1.33 bits per heavy atom. The first-order chi connectivity index (χ1) is 15.4. The minimum absolute atomic E-state index is 0.0610. The van der Waals surface area contributed by atoms with Crippen LogP contribution in [0.3, 0.4) is 0 Å². The molecule has 0 saturated carbocycles. The third-order valence-corrected chi connectivity index (χ3v) is 4.42. The van der Waals surface area contributed by atoms with Crippen molar-refractivity contribution in [2.75, 3.05) is 13.2 Å². The van der Waals surface area contributed by atoms with Crippen molar-refractivity contribution in [2.45, 2.75) is 62.7 Å². The van der Waals surface area contributed by atoms with Gasteiger partial charge in [-0.15, -0.1) is 0 Å². The zero-order valence-electron chi connectivity index (χ0n) is 18.0. The van der Waals surface area contributed by atoms with Crippen molar-refractivity contribution in [1.82, 2.24) is 16.0 Å². The van der Waals surface area contributed by atoms with Crippen LogP contribution >= 0.6 is 0 Å². The topological polar surface area (TPSA) is 277 Å². The van der Waals surface area contributed by atoms with Gasteiger partial charge >= 0.3 is 11.9 Å². The minimum Gasteiger partial charge on any atom is -0.481 e. The molecular formula is C18H32N6O9. The van der Waals surface area contributed by atoms with E-state index >= 15 is 0 Å². The molecule has 0 heterocycles. The fourth-order valence-electron chi connectivity index (χ4n) is 2.60. The van der Waals surface area contributed by atoms with E-state index in [1.807, 2.05) is 0 Å². The number of aliphatic hydroxyl groups excluding tert-OH is 1. The molecule has 0 aromatic heterocycles. The Morgan fingerprint density at radius 3 is 1.82 bits per heavy atom. The Bertz CT molecular complexity index is 718. The Hall–Kier alpha value is -3.30. The third kappa shape index (κ3) is 12.4. The Morgan fingerprint density at radius 1 is 0.788 bits per heavy atom. The Kier molecular flexibility index (Phi) is 13.9. The van der Waals surface area contributed by atoms with Crippen molar-refractivity contribution in [1.29, 1.82) is 0 Å². The number of amides is 4. The molecule has 33 heavy (non-hydrogen) atoms. The van der Waals surface area contributed by atoms with Gasteiger partial charge in [-0.2, -0.15) is 0 Å². The van der Waals surface area contributed by atoms with E-state index in [0.717, 1.165) is 0 Å². The largest absolute Gasteiger partial charge is 0.481 e. The van der Waals surface area contributed by atoms with Crippen LogP contribution in [0.15, 0.2) is 0 Å². The highest BCUT2D eigenvalue weighted by Gasteiger charge is 2.31. The van der Waals surface area contributed by atoms with Gasteiger partial charge in [-0.05, 0) is 32.2 Å². The average Bonchev–Trinajstić information content (AvgIpc) is 2.73. The standard InChI is InChI=1S/C18H32N6O9/c19-6-2-1-3-11(18(32)33)23-16(30)10(4-5-13(21)26)22-17(31)12(7-14(27)28)24-15(29)9(20)8-25/h9-12,25H,1-8,19-20H2,(H2,21,26)(H,22,31)(H,23,30)(H,24,29)(H,27,28)(H,32,33). The van der Waals surface area contributed by atoms with Gasteiger partial charge in [-0.1, -0.05) is 0 Å². The van der Waals surface area contributed by atoms with Gasteiger partial charge in [0, 0.05) is 6.42 Å². The number of primary amides is 1. The summed E-state index contributed by atoms with van der Waals surface area (Å²) < 4.78 is 0. The molecule has 0 spiro atoms. The number of carbonyl (C=O) groups excluding carboxylic acids is 4. The summed E-state index contributed by atoms with van der Waals surface area (Å²) in [7, 11) is 0. The van der Waals surface area contributed by atoms with Crippen LogP contribution in [0.5, 0.6) is 0 Å². The molecule has 15 heteroatoms. The molecule has 12 N–H and O–H groups in total. The van der Waals surface area contributed by atoms with E-state index in [9.17, 15) is 33.9 Å². The van der Waals surface area contributed by atoms with Crippen LogP contribution in [-0.4, -0.2) is 88.2 Å². The van der Waals surface area contributed by atoms with E-state index in [2.05, 4.69) is 16.0 Å². The van der Waals surface area contributed by atoms with E-state index < -0.39 is 72.8 Å². The molecule has 4 atom stereocenters. The molecular weight excluding hydrogens is 444 g/mol. The highest BCUT2D eigenvalue weighted by atomic mass is 16.4. The second-order valence-electron chi connectivity index (χ2n) is 7.20. The van der Waals surface area contributed by atoms with E-state index in [-0.39, 0.29) is 19.3 Å². The van der Waals surface area contributed by atoms with Crippen molar-refractivity contribution < 1.29 is 44.1 Å². The van der Waals surface area contributed by atoms with Crippen LogP contribution in [0.1, 0.15) is 38.5 Å². The number of aliphatic carboxylic acids is 2. The number of nitrogens with two attached hydrogens (primary N) is 3. The maximum Gasteiger partial charge on any atom is 0.326 e. The molecule has 0 aliphatic heterocycles. The lowest BCUT2D eigenvalue weighted by atomic mass is 10.1. The number of nitrogens with one attached hydrogen (secondary N) is 3. The second-order valence-corrected chi connectivity index (χ2v) is 7.20. The molecule has 0 aliphatic carbocycles. The summed E-state index contributed by atoms with van der Waals surface area (Å²) >= 11 is 0. The first kappa shape index (κ1) is 29.7. The third-order valence-electron chi connectivity index (χ3n) is 4.42. The molecule has 0 saturated heterocycles. The van der Waals surface area contributed by atoms with Crippen LogP contribution in [0, 0.1) is 0 Å². The molecule has 0 aliphatic rings. The second kappa shape index (κ2) is 15.5. The molecule has 0 aromatic rings. The smallest absolute Gasteiger partial charge is 0.326 e. The summed E-state index contributed by atoms with van der Waals surface area (Å²) in [6, 6.07) is -5.85. The summed E-state index contributed by atoms with van der Waals surface area (Å²) in [5, 5.41) is 33.8. The van der Waals surface area contributed by atoms with E-state index in [1.54, 1.807) is 0 Å². The van der Waals surface area contributed by atoms with Gasteiger partial charge < -0.3 is 48.5 Å². The van der Waals surface area contributed by atoms with E-state index in [4.69, 9.17) is 27.4 Å². The summed E-state index contributed by atoms with van der Waals surface area (Å²) in [5.74, 6) is -6.65. The maximum absolute atomic E-state index is 12.6. The number of rotatable bonds is 17. The van der Waals surface area contributed by atoms with Crippen LogP contribution in [0.25, 0.3) is 0 Å². The van der Waals surface area contributed by atoms with Crippen LogP contribution in [-0.2, 0) is 28.8 Å². The zero-order valence-corrected chi connectivity index (χ0v) is 18.0. The number of carboxylic acids is 2. The highest BCUT2D eigenvalue weighted by molar-refractivity contribution is 5.95. The summed E-state index contributed by atoms with van der Waals surface area (Å²) in [6.45, 7) is -0.439. The van der Waals surface area contributed by atoms with E-state index in [1.165, 1.54) is 0 Å². The van der Waals surface area contributed by atoms with Gasteiger partial charge in [-0.25, -0.2) is 4.79 Å². The lowest BCUT2D eigenvalue weighted by molar-refractivity contribution is -0.143. The van der Waals surface area contributed by atoms with Crippen molar-refractivity contribution >= 4 is 35.6 Å². The Labute approximate surface area is 189 Å². The molecule has 0 fully saturated rings. The lowest BCUT2D eigenvalue weighted by Crippen LogP contribution is -2.57. The molecule has 0 radical (unpaired) electrons. The van der Waals surface area contributed by atoms with Crippen LogP contribution < -0.4 is 33.2 Å². The number of carboxylic acid groups (broad SMARTS) is 2. The number of hydrogen-bond acceptors (Lipinski definition) is 9. The first-order valence-corrected chi connectivity index (χ1v) is 10.1. The van der Waals surface area contributed by atoms with Crippen LogP contribution in [0.2, 0.25) is 0 Å². The zero-order chi connectivity index (χ0) is 25.6. The van der Waals surface area contributed by atoms with Gasteiger partial charge in [0.05, 0.1) is 13.0 Å². The van der Waals surface area contributed by atoms with Crippen molar-refractivity contribution in [2.24, 2.45) is 17.2 Å². The predicted molar refractivity (Wildman–Crippen MR) is 112 cm³/mol. The monoisotopic (exact) mass is 476 g/mol. The quantitative estimate of drug-likeness (QED) is 0.0905. The number of aliphatic hydroxyl groups is 1. The molecule has 188 valence electrons. The number of carbonyl (C=O) groups is 6. The maximum atomic E-state index is 12.6. The SMILES string of the molecule is NCCCCC(NC(=O)C(CCC(N)=O)NC(=O)C(CC(=O)O)NC(=O)C(N)CO)C(=O)O. The van der Waals surface area contributed by atoms with Crippen molar-refractivity contribution in [3.8, 4) is 0 Å². The van der Waals surface area contributed by atoms with Crippen molar-refractivity contribution in [3.05, 3.63) is 0 Å². The van der Waals surface area contributed by atoms with Gasteiger partial charge in [-0.3, -0.25) is 24.0 Å². The lowest BCUT2D eigenvalue weighted by Gasteiger charge is -2.24. The minimum atomic E-state index is -1.67. The number of hydrogen-bond donors (Lipinski definition) is 9. The van der Waals surface area contributed by atoms with Gasteiger partial charge in [0.15, 0.2) is 0 Å². The van der Waals surface area contributed by atoms with Crippen molar-refractivity contribution in [3.63, 3.8) is 0 Å². The predicted octanol–water partition coefficient (Wildman–Crippen LogP) is -4.29. The normalized spacial score (nSPS) is 14.3. The van der Waals surface area contributed by atoms with Gasteiger partial charge in [0.2, 0.25) is 23.6 Å². The summed E-state index contributed by atoms with van der Waals surface area (Å²) in [4.78, 5) is 70.8. The summed E-state index contributed by atoms with van der Waals surface area (Å²) in [5.41, 5.74) is 15.8. The number of unbranched alkanes of at least 4 members (excludes halogenated alkanes) is 1. The fourth-order valence-corrected chi connectivity index (χ4v) is 2.60. The van der Waals surface area contributed by atoms with Crippen LogP contribution in [0.4, 0.5) is 0 Å². The molecule has 0 rings (SSSR count). The molecule has 15 nitrogen and oxygen atoms in total. The molecule has 4 amide bonds. The summed E-state index contributed by atoms with van der Waals surface area (Å²) in [6.07, 6.45) is -0.555.